The third-order valence-corrected chi connectivity index (χ3v) is 2.83. The SMILES string of the molecule is Nc1ccc(C(=O)O)nc1Oc1ccc(F)cc1Br. The molecular formula is C12H8BrFN2O3. The number of carboxylic acid groups (broad SMARTS) is 1. The van der Waals surface area contributed by atoms with Gasteiger partial charge < -0.3 is 15.6 Å². The number of nitrogen functional groups attached to an aromatic ring is 1. The van der Waals surface area contributed by atoms with Crippen LogP contribution in [0.5, 0.6) is 11.6 Å². The molecule has 2 rings (SSSR count). The Morgan fingerprint density at radius 3 is 2.74 bits per heavy atom. The first kappa shape index (κ1) is 13.3. The summed E-state index contributed by atoms with van der Waals surface area (Å²) in [4.78, 5) is 14.6. The van der Waals surface area contributed by atoms with Gasteiger partial charge in [0.15, 0.2) is 5.69 Å². The van der Waals surface area contributed by atoms with Gasteiger partial charge in [0, 0.05) is 0 Å². The van der Waals surface area contributed by atoms with E-state index in [9.17, 15) is 9.18 Å². The fourth-order valence-corrected chi connectivity index (χ4v) is 1.75. The smallest absolute Gasteiger partial charge is 0.354 e. The number of rotatable bonds is 3. The second kappa shape index (κ2) is 5.23. The number of hydrogen-bond acceptors (Lipinski definition) is 4. The number of anilines is 1. The van der Waals surface area contributed by atoms with Gasteiger partial charge in [0.25, 0.3) is 0 Å². The summed E-state index contributed by atoms with van der Waals surface area (Å²) in [5.41, 5.74) is 5.64. The van der Waals surface area contributed by atoms with Crippen LogP contribution in [0.1, 0.15) is 10.5 Å². The lowest BCUT2D eigenvalue weighted by molar-refractivity contribution is 0.0689. The van der Waals surface area contributed by atoms with Gasteiger partial charge in [-0.2, -0.15) is 0 Å². The lowest BCUT2D eigenvalue weighted by atomic mass is 10.3. The van der Waals surface area contributed by atoms with E-state index in [4.69, 9.17) is 15.6 Å². The van der Waals surface area contributed by atoms with Gasteiger partial charge in [0.05, 0.1) is 10.2 Å². The van der Waals surface area contributed by atoms with Crippen molar-refractivity contribution < 1.29 is 19.0 Å². The summed E-state index contributed by atoms with van der Waals surface area (Å²) in [6, 6.07) is 6.45. The summed E-state index contributed by atoms with van der Waals surface area (Å²) < 4.78 is 18.7. The first-order valence-corrected chi connectivity index (χ1v) is 5.89. The van der Waals surface area contributed by atoms with Crippen LogP contribution in [0, 0.1) is 5.82 Å². The van der Waals surface area contributed by atoms with Gasteiger partial charge in [-0.15, -0.1) is 0 Å². The fourth-order valence-electron chi connectivity index (χ4n) is 1.31. The molecule has 1 heterocycles. The summed E-state index contributed by atoms with van der Waals surface area (Å²) in [7, 11) is 0. The Kier molecular flexibility index (Phi) is 3.66. The van der Waals surface area contributed by atoms with E-state index in [1.807, 2.05) is 0 Å². The minimum absolute atomic E-state index is 0.0489. The van der Waals surface area contributed by atoms with Crippen LogP contribution in [-0.2, 0) is 0 Å². The van der Waals surface area contributed by atoms with Crippen LogP contribution in [0.2, 0.25) is 0 Å². The van der Waals surface area contributed by atoms with Crippen LogP contribution < -0.4 is 10.5 Å². The molecule has 0 bridgehead atoms. The van der Waals surface area contributed by atoms with Gasteiger partial charge >= 0.3 is 5.97 Å². The topological polar surface area (TPSA) is 85.4 Å². The summed E-state index contributed by atoms with van der Waals surface area (Å²) in [6.07, 6.45) is 0. The second-order valence-electron chi connectivity index (χ2n) is 3.57. The van der Waals surface area contributed by atoms with Crippen molar-refractivity contribution >= 4 is 27.6 Å². The zero-order valence-electron chi connectivity index (χ0n) is 9.43. The average Bonchev–Trinajstić information content (AvgIpc) is 2.34. The number of aromatic carboxylic acids is 1. The van der Waals surface area contributed by atoms with E-state index in [-0.39, 0.29) is 23.0 Å². The van der Waals surface area contributed by atoms with Crippen molar-refractivity contribution in [3.63, 3.8) is 0 Å². The number of ether oxygens (including phenoxy) is 1. The largest absolute Gasteiger partial charge is 0.477 e. The van der Waals surface area contributed by atoms with Crippen molar-refractivity contribution in [1.82, 2.24) is 4.98 Å². The molecule has 1 aromatic heterocycles. The normalized spacial score (nSPS) is 10.2. The van der Waals surface area contributed by atoms with E-state index in [1.54, 1.807) is 0 Å². The van der Waals surface area contributed by atoms with Crippen LogP contribution in [0.25, 0.3) is 0 Å². The highest BCUT2D eigenvalue weighted by atomic mass is 79.9. The van der Waals surface area contributed by atoms with Gasteiger partial charge in [0.2, 0.25) is 5.88 Å². The van der Waals surface area contributed by atoms with Crippen LogP contribution >= 0.6 is 15.9 Å². The molecule has 3 N–H and O–H groups in total. The number of halogens is 2. The molecule has 0 aliphatic heterocycles. The van der Waals surface area contributed by atoms with Crippen LogP contribution in [0.3, 0.4) is 0 Å². The Hall–Kier alpha value is -2.15. The summed E-state index contributed by atoms with van der Waals surface area (Å²) in [5.74, 6) is -1.39. The van der Waals surface area contributed by atoms with E-state index in [0.29, 0.717) is 4.47 Å². The monoisotopic (exact) mass is 326 g/mol. The molecular weight excluding hydrogens is 319 g/mol. The maximum atomic E-state index is 12.9. The Bertz CT molecular complexity index is 649. The molecule has 0 unspecified atom stereocenters. The molecule has 0 amide bonds. The summed E-state index contributed by atoms with van der Waals surface area (Å²) in [5, 5.41) is 8.84. The number of carboxylic acids is 1. The van der Waals surface area contributed by atoms with Gasteiger partial charge in [-0.05, 0) is 46.3 Å². The van der Waals surface area contributed by atoms with Crippen molar-refractivity contribution in [3.05, 3.63) is 46.3 Å². The number of nitrogens with two attached hydrogens (primary N) is 1. The lowest BCUT2D eigenvalue weighted by Gasteiger charge is -2.09. The Morgan fingerprint density at radius 1 is 1.37 bits per heavy atom. The minimum Gasteiger partial charge on any atom is -0.477 e. The van der Waals surface area contributed by atoms with Crippen LogP contribution in [-0.4, -0.2) is 16.1 Å². The summed E-state index contributed by atoms with van der Waals surface area (Å²) in [6.45, 7) is 0. The van der Waals surface area contributed by atoms with Crippen molar-refractivity contribution in [3.8, 4) is 11.6 Å². The van der Waals surface area contributed by atoms with Gasteiger partial charge in [0.1, 0.15) is 11.6 Å². The molecule has 98 valence electrons. The molecule has 0 aliphatic carbocycles. The second-order valence-corrected chi connectivity index (χ2v) is 4.43. The van der Waals surface area contributed by atoms with Crippen molar-refractivity contribution in [1.29, 1.82) is 0 Å². The highest BCUT2D eigenvalue weighted by Gasteiger charge is 2.12. The number of aromatic nitrogens is 1. The molecule has 0 saturated heterocycles. The number of nitrogens with zero attached hydrogens (tertiary/aromatic N) is 1. The minimum atomic E-state index is -1.19. The van der Waals surface area contributed by atoms with Crippen molar-refractivity contribution in [2.24, 2.45) is 0 Å². The molecule has 1 aromatic carbocycles. The molecule has 0 fully saturated rings. The number of hydrogen-bond donors (Lipinski definition) is 2. The third kappa shape index (κ3) is 3.00. The Labute approximate surface area is 116 Å². The highest BCUT2D eigenvalue weighted by molar-refractivity contribution is 9.10. The fraction of sp³-hybridized carbons (Fsp3) is 0. The maximum absolute atomic E-state index is 12.9. The quantitative estimate of drug-likeness (QED) is 0.905. The molecule has 0 spiro atoms. The van der Waals surface area contributed by atoms with E-state index < -0.39 is 11.8 Å². The molecule has 0 radical (unpaired) electrons. The van der Waals surface area contributed by atoms with Crippen molar-refractivity contribution in [2.75, 3.05) is 5.73 Å². The molecule has 0 aliphatic rings. The van der Waals surface area contributed by atoms with Gasteiger partial charge in [-0.3, -0.25) is 0 Å². The Balaban J connectivity index is 2.37. The lowest BCUT2D eigenvalue weighted by Crippen LogP contribution is -2.03. The van der Waals surface area contributed by atoms with E-state index in [0.717, 1.165) is 0 Å². The molecule has 0 saturated carbocycles. The molecule has 0 atom stereocenters. The molecule has 2 aromatic rings. The Morgan fingerprint density at radius 2 is 2.11 bits per heavy atom. The number of benzene rings is 1. The number of pyridine rings is 1. The predicted molar refractivity (Wildman–Crippen MR) is 69.8 cm³/mol. The highest BCUT2D eigenvalue weighted by Crippen LogP contribution is 2.31. The van der Waals surface area contributed by atoms with E-state index in [2.05, 4.69) is 20.9 Å². The van der Waals surface area contributed by atoms with E-state index in [1.165, 1.54) is 30.3 Å². The van der Waals surface area contributed by atoms with Gasteiger partial charge in [-0.25, -0.2) is 14.2 Å². The number of carbonyl (C=O) groups is 1. The zero-order chi connectivity index (χ0) is 14.0. The van der Waals surface area contributed by atoms with E-state index >= 15 is 0 Å². The maximum Gasteiger partial charge on any atom is 0.354 e. The third-order valence-electron chi connectivity index (χ3n) is 2.21. The molecule has 5 nitrogen and oxygen atoms in total. The standard InChI is InChI=1S/C12H8BrFN2O3/c13-7-5-6(14)1-4-10(7)19-11-8(15)2-3-9(16-11)12(17)18/h1-5H,15H2,(H,17,18). The first-order chi connectivity index (χ1) is 8.97. The van der Waals surface area contributed by atoms with Crippen molar-refractivity contribution in [2.45, 2.75) is 0 Å². The average molecular weight is 327 g/mol. The van der Waals surface area contributed by atoms with Crippen LogP contribution in [0.15, 0.2) is 34.8 Å². The molecule has 19 heavy (non-hydrogen) atoms. The zero-order valence-corrected chi connectivity index (χ0v) is 11.0. The summed E-state index contributed by atoms with van der Waals surface area (Å²) >= 11 is 3.13. The predicted octanol–water partition coefficient (Wildman–Crippen LogP) is 3.06. The first-order valence-electron chi connectivity index (χ1n) is 5.10. The van der Waals surface area contributed by atoms with Gasteiger partial charge in [-0.1, -0.05) is 0 Å². The van der Waals surface area contributed by atoms with Crippen LogP contribution in [0.4, 0.5) is 10.1 Å². The molecule has 7 heteroatoms.